The molecule has 0 bridgehead atoms. The van der Waals surface area contributed by atoms with E-state index in [-0.39, 0.29) is 5.78 Å². The summed E-state index contributed by atoms with van der Waals surface area (Å²) < 4.78 is 5.18. The van der Waals surface area contributed by atoms with Crippen molar-refractivity contribution < 1.29 is 14.3 Å². The summed E-state index contributed by atoms with van der Waals surface area (Å²) in [7, 11) is 1.57. The zero-order valence-corrected chi connectivity index (χ0v) is 11.1. The van der Waals surface area contributed by atoms with Gasteiger partial charge in [0.1, 0.15) is 12.0 Å². The molecule has 0 saturated carbocycles. The second-order valence-electron chi connectivity index (χ2n) is 4.87. The first-order valence-corrected chi connectivity index (χ1v) is 6.48. The van der Waals surface area contributed by atoms with Gasteiger partial charge in [-0.1, -0.05) is 30.3 Å². The van der Waals surface area contributed by atoms with E-state index in [0.29, 0.717) is 11.3 Å². The molecule has 0 N–H and O–H groups in total. The third-order valence-electron chi connectivity index (χ3n) is 3.83. The minimum atomic E-state index is -0.435. The Labute approximate surface area is 117 Å². The molecule has 1 aliphatic carbocycles. The molecule has 3 rings (SSSR count). The molecule has 1 aliphatic rings. The zero-order valence-electron chi connectivity index (χ0n) is 11.1. The largest absolute Gasteiger partial charge is 0.497 e. The molecular formula is C17H14O3. The summed E-state index contributed by atoms with van der Waals surface area (Å²) >= 11 is 0. The van der Waals surface area contributed by atoms with Gasteiger partial charge in [0.05, 0.1) is 18.9 Å². The van der Waals surface area contributed by atoms with E-state index in [9.17, 15) is 9.59 Å². The molecular weight excluding hydrogens is 252 g/mol. The molecule has 2 aromatic rings. The summed E-state index contributed by atoms with van der Waals surface area (Å²) in [6.45, 7) is 0. The van der Waals surface area contributed by atoms with Crippen LogP contribution in [-0.4, -0.2) is 19.2 Å². The Kier molecular flexibility index (Phi) is 3.11. The van der Waals surface area contributed by atoms with Crippen LogP contribution in [0.3, 0.4) is 0 Å². The number of hydrogen-bond donors (Lipinski definition) is 0. The smallest absolute Gasteiger partial charge is 0.171 e. The minimum Gasteiger partial charge on any atom is -0.497 e. The first-order chi connectivity index (χ1) is 9.76. The van der Waals surface area contributed by atoms with Gasteiger partial charge in [-0.15, -0.1) is 0 Å². The molecule has 20 heavy (non-hydrogen) atoms. The molecule has 0 radical (unpaired) electrons. The molecule has 0 amide bonds. The van der Waals surface area contributed by atoms with Gasteiger partial charge in [0.25, 0.3) is 0 Å². The van der Waals surface area contributed by atoms with E-state index in [0.717, 1.165) is 17.4 Å². The predicted octanol–water partition coefficient (Wildman–Crippen LogP) is 2.96. The number of hydrogen-bond acceptors (Lipinski definition) is 3. The van der Waals surface area contributed by atoms with E-state index in [4.69, 9.17) is 4.74 Å². The topological polar surface area (TPSA) is 43.4 Å². The average Bonchev–Trinajstić information content (AvgIpc) is 2.79. The highest BCUT2D eigenvalue weighted by atomic mass is 16.5. The third kappa shape index (κ3) is 1.83. The molecule has 0 heterocycles. The normalized spacial score (nSPS) is 20.6. The maximum Gasteiger partial charge on any atom is 0.171 e. The minimum absolute atomic E-state index is 0.00551. The van der Waals surface area contributed by atoms with Gasteiger partial charge in [-0.2, -0.15) is 0 Å². The molecule has 0 saturated heterocycles. The van der Waals surface area contributed by atoms with Crippen molar-refractivity contribution in [1.29, 1.82) is 0 Å². The number of aldehydes is 1. The van der Waals surface area contributed by atoms with Crippen molar-refractivity contribution in [2.75, 3.05) is 7.11 Å². The summed E-state index contributed by atoms with van der Waals surface area (Å²) in [5.41, 5.74) is 2.26. The lowest BCUT2D eigenvalue weighted by atomic mass is 9.87. The lowest BCUT2D eigenvalue weighted by molar-refractivity contribution is -0.109. The van der Waals surface area contributed by atoms with Crippen LogP contribution in [-0.2, 0) is 4.79 Å². The Bertz CT molecular complexity index is 661. The van der Waals surface area contributed by atoms with Crippen molar-refractivity contribution in [3.63, 3.8) is 0 Å². The Morgan fingerprint density at radius 2 is 1.85 bits per heavy atom. The van der Waals surface area contributed by atoms with Crippen LogP contribution in [0.25, 0.3) is 0 Å². The van der Waals surface area contributed by atoms with E-state index in [1.807, 2.05) is 30.3 Å². The van der Waals surface area contributed by atoms with Gasteiger partial charge in [0.2, 0.25) is 0 Å². The summed E-state index contributed by atoms with van der Waals surface area (Å²) in [6.07, 6.45) is 0.862. The zero-order chi connectivity index (χ0) is 14.1. The van der Waals surface area contributed by atoms with Crippen LogP contribution in [0.15, 0.2) is 48.5 Å². The van der Waals surface area contributed by atoms with E-state index < -0.39 is 11.8 Å². The fraction of sp³-hybridized carbons (Fsp3) is 0.176. The molecule has 2 unspecified atom stereocenters. The van der Waals surface area contributed by atoms with Crippen molar-refractivity contribution in [3.05, 3.63) is 65.2 Å². The molecule has 2 aromatic carbocycles. The van der Waals surface area contributed by atoms with Crippen molar-refractivity contribution in [1.82, 2.24) is 0 Å². The number of benzene rings is 2. The average molecular weight is 266 g/mol. The predicted molar refractivity (Wildman–Crippen MR) is 75.3 cm³/mol. The monoisotopic (exact) mass is 266 g/mol. The maximum absolute atomic E-state index is 12.6. The Morgan fingerprint density at radius 3 is 2.50 bits per heavy atom. The lowest BCUT2D eigenvalue weighted by Crippen LogP contribution is -2.12. The number of ether oxygens (including phenoxy) is 1. The van der Waals surface area contributed by atoms with Crippen molar-refractivity contribution >= 4 is 12.1 Å². The SMILES string of the molecule is COc1ccc2c(c1)C(C=O)C(c1ccccc1)C2=O. The number of carbonyl (C=O) groups excluding carboxylic acids is 2. The molecule has 0 aromatic heterocycles. The molecule has 3 nitrogen and oxygen atoms in total. The molecule has 2 atom stereocenters. The quantitative estimate of drug-likeness (QED) is 0.802. The second kappa shape index (κ2) is 4.93. The van der Waals surface area contributed by atoms with Gasteiger partial charge >= 0.3 is 0 Å². The van der Waals surface area contributed by atoms with Crippen molar-refractivity contribution in [2.24, 2.45) is 0 Å². The Hall–Kier alpha value is -2.42. The van der Waals surface area contributed by atoms with Crippen LogP contribution < -0.4 is 4.74 Å². The number of Topliss-reactive ketones (excluding diaryl/α,β-unsaturated/α-hetero) is 1. The number of carbonyl (C=O) groups is 2. The first-order valence-electron chi connectivity index (χ1n) is 6.48. The fourth-order valence-electron chi connectivity index (χ4n) is 2.85. The van der Waals surface area contributed by atoms with Gasteiger partial charge in [-0.3, -0.25) is 4.79 Å². The molecule has 0 spiro atoms. The van der Waals surface area contributed by atoms with Gasteiger partial charge in [0, 0.05) is 5.56 Å². The number of fused-ring (bicyclic) bond motifs is 1. The summed E-state index contributed by atoms with van der Waals surface area (Å²) in [5, 5.41) is 0. The van der Waals surface area contributed by atoms with Gasteiger partial charge < -0.3 is 9.53 Å². The Morgan fingerprint density at radius 1 is 1.10 bits per heavy atom. The lowest BCUT2D eigenvalue weighted by Gasteiger charge is -2.13. The van der Waals surface area contributed by atoms with Crippen LogP contribution in [0, 0.1) is 0 Å². The van der Waals surface area contributed by atoms with Gasteiger partial charge in [-0.05, 0) is 29.3 Å². The van der Waals surface area contributed by atoms with Crippen LogP contribution in [0.1, 0.15) is 33.3 Å². The maximum atomic E-state index is 12.6. The summed E-state index contributed by atoms with van der Waals surface area (Å²) in [5.74, 6) is -0.186. The van der Waals surface area contributed by atoms with Crippen LogP contribution in [0.4, 0.5) is 0 Å². The number of rotatable bonds is 3. The molecule has 0 aliphatic heterocycles. The molecule has 3 heteroatoms. The summed E-state index contributed by atoms with van der Waals surface area (Å²) in [6, 6.07) is 14.7. The van der Waals surface area contributed by atoms with Crippen LogP contribution in [0.2, 0.25) is 0 Å². The van der Waals surface area contributed by atoms with Crippen LogP contribution in [0.5, 0.6) is 5.75 Å². The second-order valence-corrected chi connectivity index (χ2v) is 4.87. The third-order valence-corrected chi connectivity index (χ3v) is 3.83. The number of methoxy groups -OCH3 is 1. The Balaban J connectivity index is 2.12. The standard InChI is InChI=1S/C17H14O3/c1-20-12-7-8-13-14(9-12)15(10-18)16(17(13)19)11-5-3-2-4-6-11/h2-10,15-16H,1H3. The summed E-state index contributed by atoms with van der Waals surface area (Å²) in [4.78, 5) is 24.1. The van der Waals surface area contributed by atoms with E-state index in [1.54, 1.807) is 25.3 Å². The number of ketones is 1. The fourth-order valence-corrected chi connectivity index (χ4v) is 2.85. The van der Waals surface area contributed by atoms with Gasteiger partial charge in [-0.25, -0.2) is 0 Å². The highest BCUT2D eigenvalue weighted by Crippen LogP contribution is 2.43. The van der Waals surface area contributed by atoms with Crippen LogP contribution >= 0.6 is 0 Å². The highest BCUT2D eigenvalue weighted by Gasteiger charge is 2.40. The first kappa shape index (κ1) is 12.6. The van der Waals surface area contributed by atoms with E-state index in [1.165, 1.54) is 0 Å². The van der Waals surface area contributed by atoms with E-state index >= 15 is 0 Å². The van der Waals surface area contributed by atoms with Crippen molar-refractivity contribution in [2.45, 2.75) is 11.8 Å². The molecule has 100 valence electrons. The van der Waals surface area contributed by atoms with E-state index in [2.05, 4.69) is 0 Å². The van der Waals surface area contributed by atoms with Gasteiger partial charge in [0.15, 0.2) is 5.78 Å². The molecule has 0 fully saturated rings. The van der Waals surface area contributed by atoms with Crippen molar-refractivity contribution in [3.8, 4) is 5.75 Å². The highest BCUT2D eigenvalue weighted by molar-refractivity contribution is 6.09.